The summed E-state index contributed by atoms with van der Waals surface area (Å²) in [7, 11) is 1.91. The van der Waals surface area contributed by atoms with Gasteiger partial charge in [-0.25, -0.2) is 4.98 Å². The van der Waals surface area contributed by atoms with Gasteiger partial charge in [0.2, 0.25) is 0 Å². The number of hydrogen-bond acceptors (Lipinski definition) is 3. The second-order valence-corrected chi connectivity index (χ2v) is 4.04. The normalized spacial score (nSPS) is 13.5. The van der Waals surface area contributed by atoms with Crippen LogP contribution in [0.5, 0.6) is 0 Å². The molecule has 0 aliphatic heterocycles. The predicted molar refractivity (Wildman–Crippen MR) is 64.0 cm³/mol. The van der Waals surface area contributed by atoms with E-state index in [0.717, 1.165) is 24.1 Å². The highest BCUT2D eigenvalue weighted by Crippen LogP contribution is 2.11. The average Bonchev–Trinajstić information content (AvgIpc) is 2.69. The fourth-order valence-electron chi connectivity index (χ4n) is 1.64. The summed E-state index contributed by atoms with van der Waals surface area (Å²) >= 11 is 0. The molecule has 1 unspecified atom stereocenters. The van der Waals surface area contributed by atoms with Crippen LogP contribution in [-0.2, 0) is 6.54 Å². The van der Waals surface area contributed by atoms with Gasteiger partial charge in [0.25, 0.3) is 0 Å². The Kier molecular flexibility index (Phi) is 3.22. The van der Waals surface area contributed by atoms with E-state index in [-0.39, 0.29) is 0 Å². The molecule has 0 amide bonds. The van der Waals surface area contributed by atoms with Crippen molar-refractivity contribution < 1.29 is 5.11 Å². The highest BCUT2D eigenvalue weighted by atomic mass is 16.3. The zero-order chi connectivity index (χ0) is 11.5. The molecule has 0 saturated heterocycles. The quantitative estimate of drug-likeness (QED) is 0.788. The molecule has 1 atom stereocenters. The van der Waals surface area contributed by atoms with Crippen LogP contribution in [0.2, 0.25) is 0 Å². The molecule has 0 fully saturated rings. The number of benzene rings is 1. The molecule has 1 aromatic heterocycles. The Morgan fingerprint density at radius 3 is 2.94 bits per heavy atom. The Morgan fingerprint density at radius 1 is 1.44 bits per heavy atom. The summed E-state index contributed by atoms with van der Waals surface area (Å²) < 4.78 is 2.11. The second kappa shape index (κ2) is 4.63. The maximum atomic E-state index is 9.36. The lowest BCUT2D eigenvalue weighted by Gasteiger charge is -2.19. The lowest BCUT2D eigenvalue weighted by atomic mass is 10.3. The smallest absolute Gasteiger partial charge is 0.104 e. The molecule has 1 N–H and O–H groups in total. The molecule has 2 aromatic rings. The topological polar surface area (TPSA) is 41.3 Å². The first-order valence-electron chi connectivity index (χ1n) is 5.46. The standard InChI is InChI=1S/C12H17N3O/c1-10(16)14(2)7-8-15-9-13-11-5-3-4-6-12(11)15/h3-6,9-10,16H,7-8H2,1-2H3. The van der Waals surface area contributed by atoms with Crippen molar-refractivity contribution in [3.63, 3.8) is 0 Å². The molecule has 0 aliphatic carbocycles. The Hall–Kier alpha value is -1.39. The van der Waals surface area contributed by atoms with E-state index in [9.17, 15) is 5.11 Å². The van der Waals surface area contributed by atoms with Gasteiger partial charge < -0.3 is 9.67 Å². The van der Waals surface area contributed by atoms with Crippen LogP contribution in [0.15, 0.2) is 30.6 Å². The minimum absolute atomic E-state index is 0.408. The van der Waals surface area contributed by atoms with E-state index < -0.39 is 6.23 Å². The van der Waals surface area contributed by atoms with E-state index in [1.165, 1.54) is 0 Å². The molecule has 1 aromatic carbocycles. The Balaban J connectivity index is 2.10. The van der Waals surface area contributed by atoms with Gasteiger partial charge in [0.1, 0.15) is 6.23 Å². The molecule has 1 heterocycles. The first kappa shape index (κ1) is 11.1. The Bertz CT molecular complexity index is 464. The monoisotopic (exact) mass is 219 g/mol. The third-order valence-corrected chi connectivity index (χ3v) is 2.86. The fraction of sp³-hybridized carbons (Fsp3) is 0.417. The van der Waals surface area contributed by atoms with Crippen molar-refractivity contribution in [2.24, 2.45) is 0 Å². The number of para-hydroxylation sites is 2. The van der Waals surface area contributed by atoms with Gasteiger partial charge in [-0.05, 0) is 26.1 Å². The zero-order valence-electron chi connectivity index (χ0n) is 9.67. The van der Waals surface area contributed by atoms with E-state index in [2.05, 4.69) is 15.6 Å². The average molecular weight is 219 g/mol. The molecule has 2 rings (SSSR count). The van der Waals surface area contributed by atoms with Gasteiger partial charge in [0.05, 0.1) is 17.4 Å². The van der Waals surface area contributed by atoms with Crippen LogP contribution in [0.3, 0.4) is 0 Å². The van der Waals surface area contributed by atoms with Gasteiger partial charge in [0, 0.05) is 13.1 Å². The summed E-state index contributed by atoms with van der Waals surface area (Å²) in [6, 6.07) is 8.06. The number of nitrogens with zero attached hydrogens (tertiary/aromatic N) is 3. The molecule has 4 nitrogen and oxygen atoms in total. The molecule has 0 spiro atoms. The van der Waals surface area contributed by atoms with Crippen LogP contribution in [0, 0.1) is 0 Å². The number of aliphatic hydroxyl groups excluding tert-OH is 1. The minimum atomic E-state index is -0.408. The molecule has 0 aliphatic rings. The van der Waals surface area contributed by atoms with E-state index in [1.807, 2.05) is 36.5 Å². The maximum Gasteiger partial charge on any atom is 0.104 e. The third kappa shape index (κ3) is 2.23. The van der Waals surface area contributed by atoms with Gasteiger partial charge in [-0.3, -0.25) is 4.90 Å². The van der Waals surface area contributed by atoms with Crippen LogP contribution in [0.25, 0.3) is 11.0 Å². The number of rotatable bonds is 4. The molecule has 86 valence electrons. The predicted octanol–water partition coefficient (Wildman–Crippen LogP) is 1.31. The summed E-state index contributed by atoms with van der Waals surface area (Å²) in [6.45, 7) is 3.41. The van der Waals surface area contributed by atoms with Crippen LogP contribution in [0.4, 0.5) is 0 Å². The van der Waals surface area contributed by atoms with E-state index >= 15 is 0 Å². The Labute approximate surface area is 95.1 Å². The van der Waals surface area contributed by atoms with Gasteiger partial charge in [0.15, 0.2) is 0 Å². The van der Waals surface area contributed by atoms with Gasteiger partial charge >= 0.3 is 0 Å². The summed E-state index contributed by atoms with van der Waals surface area (Å²) in [5, 5.41) is 9.36. The van der Waals surface area contributed by atoms with Crippen molar-refractivity contribution in [3.05, 3.63) is 30.6 Å². The van der Waals surface area contributed by atoms with Gasteiger partial charge in [-0.2, -0.15) is 0 Å². The lowest BCUT2D eigenvalue weighted by molar-refractivity contribution is 0.0364. The van der Waals surface area contributed by atoms with Crippen molar-refractivity contribution in [2.45, 2.75) is 19.7 Å². The molecule has 4 heteroatoms. The van der Waals surface area contributed by atoms with Crippen LogP contribution >= 0.6 is 0 Å². The summed E-state index contributed by atoms with van der Waals surface area (Å²) in [6.07, 6.45) is 1.44. The van der Waals surface area contributed by atoms with Gasteiger partial charge in [-0.1, -0.05) is 12.1 Å². The number of hydrogen-bond donors (Lipinski definition) is 1. The van der Waals surface area contributed by atoms with Crippen LogP contribution in [-0.4, -0.2) is 39.4 Å². The molecule has 0 saturated carbocycles. The van der Waals surface area contributed by atoms with Gasteiger partial charge in [-0.15, -0.1) is 0 Å². The summed E-state index contributed by atoms with van der Waals surface area (Å²) in [4.78, 5) is 6.22. The lowest BCUT2D eigenvalue weighted by Crippen LogP contribution is -2.31. The summed E-state index contributed by atoms with van der Waals surface area (Å²) in [5.41, 5.74) is 2.16. The summed E-state index contributed by atoms with van der Waals surface area (Å²) in [5.74, 6) is 0. The minimum Gasteiger partial charge on any atom is -0.379 e. The molecule has 0 radical (unpaired) electrons. The zero-order valence-corrected chi connectivity index (χ0v) is 9.67. The van der Waals surface area contributed by atoms with Crippen LogP contribution in [0.1, 0.15) is 6.92 Å². The fourth-order valence-corrected chi connectivity index (χ4v) is 1.64. The second-order valence-electron chi connectivity index (χ2n) is 4.04. The van der Waals surface area contributed by atoms with Crippen molar-refractivity contribution in [2.75, 3.05) is 13.6 Å². The largest absolute Gasteiger partial charge is 0.379 e. The van der Waals surface area contributed by atoms with E-state index in [4.69, 9.17) is 0 Å². The van der Waals surface area contributed by atoms with Crippen molar-refractivity contribution in [1.29, 1.82) is 0 Å². The van der Waals surface area contributed by atoms with E-state index in [0.29, 0.717) is 0 Å². The van der Waals surface area contributed by atoms with Crippen molar-refractivity contribution in [1.82, 2.24) is 14.5 Å². The number of imidazole rings is 1. The first-order chi connectivity index (χ1) is 7.68. The van der Waals surface area contributed by atoms with Crippen molar-refractivity contribution in [3.8, 4) is 0 Å². The molecular weight excluding hydrogens is 202 g/mol. The maximum absolute atomic E-state index is 9.36. The highest BCUT2D eigenvalue weighted by Gasteiger charge is 2.06. The Morgan fingerprint density at radius 2 is 2.19 bits per heavy atom. The molecule has 0 bridgehead atoms. The highest BCUT2D eigenvalue weighted by molar-refractivity contribution is 5.74. The van der Waals surface area contributed by atoms with Crippen LogP contribution < -0.4 is 0 Å². The number of fused-ring (bicyclic) bond motifs is 1. The number of likely N-dealkylation sites (N-methyl/N-ethyl adjacent to an activating group) is 1. The van der Waals surface area contributed by atoms with E-state index in [1.54, 1.807) is 6.92 Å². The molecular formula is C12H17N3O. The third-order valence-electron chi connectivity index (χ3n) is 2.86. The molecule has 16 heavy (non-hydrogen) atoms. The number of aliphatic hydroxyl groups is 1. The SMILES string of the molecule is CC(O)N(C)CCn1cnc2ccccc21. The number of aromatic nitrogens is 2. The first-order valence-corrected chi connectivity index (χ1v) is 5.46. The van der Waals surface area contributed by atoms with Crippen molar-refractivity contribution >= 4 is 11.0 Å².